The number of allylic oxidation sites excluding steroid dienone is 4. The highest BCUT2D eigenvalue weighted by Gasteiger charge is 2.18. The van der Waals surface area contributed by atoms with Gasteiger partial charge in [0.05, 0.1) is 22.1 Å². The van der Waals surface area contributed by atoms with E-state index in [2.05, 4.69) is 197 Å². The van der Waals surface area contributed by atoms with Crippen LogP contribution in [0.4, 0.5) is 0 Å². The van der Waals surface area contributed by atoms with Crippen LogP contribution >= 0.6 is 0 Å². The molecule has 1 aliphatic rings. The zero-order chi connectivity index (χ0) is 33.0. The largest absolute Gasteiger partial charge is 0.309 e. The summed E-state index contributed by atoms with van der Waals surface area (Å²) in [5, 5.41) is 5.05. The van der Waals surface area contributed by atoms with E-state index in [0.717, 1.165) is 6.42 Å². The number of benzene rings is 7. The Morgan fingerprint density at radius 1 is 0.380 bits per heavy atom. The molecule has 0 saturated carbocycles. The van der Waals surface area contributed by atoms with Gasteiger partial charge < -0.3 is 9.13 Å². The Balaban J connectivity index is 1.19. The molecule has 1 unspecified atom stereocenters. The molecule has 0 saturated heterocycles. The molecular weight excluding hydrogens is 605 g/mol. The molecular formula is C48H34N2. The first-order valence-electron chi connectivity index (χ1n) is 17.5. The van der Waals surface area contributed by atoms with Crippen LogP contribution in [-0.4, -0.2) is 9.13 Å². The van der Waals surface area contributed by atoms with Crippen molar-refractivity contribution in [1.82, 2.24) is 9.13 Å². The van der Waals surface area contributed by atoms with Crippen molar-refractivity contribution < 1.29 is 0 Å². The number of aromatic nitrogens is 2. The predicted molar refractivity (Wildman–Crippen MR) is 212 cm³/mol. The van der Waals surface area contributed by atoms with Crippen LogP contribution in [0.3, 0.4) is 0 Å². The summed E-state index contributed by atoms with van der Waals surface area (Å²) in [5.41, 5.74) is 13.5. The molecule has 9 aromatic rings. The molecule has 0 amide bonds. The zero-order valence-corrected chi connectivity index (χ0v) is 27.6. The van der Waals surface area contributed by atoms with E-state index in [1.807, 2.05) is 0 Å². The second-order valence-electron chi connectivity index (χ2n) is 13.3. The second-order valence-corrected chi connectivity index (χ2v) is 13.3. The normalized spacial score (nSPS) is 14.4. The third-order valence-electron chi connectivity index (χ3n) is 10.4. The van der Waals surface area contributed by atoms with Gasteiger partial charge in [-0.15, -0.1) is 0 Å². The van der Waals surface area contributed by atoms with Crippen molar-refractivity contribution in [3.05, 3.63) is 194 Å². The van der Waals surface area contributed by atoms with Crippen LogP contribution in [0.2, 0.25) is 0 Å². The van der Waals surface area contributed by atoms with Crippen LogP contribution in [0.1, 0.15) is 17.9 Å². The maximum atomic E-state index is 2.48. The number of nitrogens with zero attached hydrogens (tertiary/aromatic N) is 2. The summed E-state index contributed by atoms with van der Waals surface area (Å²) in [7, 11) is 0. The molecule has 0 N–H and O–H groups in total. The van der Waals surface area contributed by atoms with E-state index >= 15 is 0 Å². The van der Waals surface area contributed by atoms with Crippen LogP contribution in [0.15, 0.2) is 188 Å². The molecule has 7 aromatic carbocycles. The lowest BCUT2D eigenvalue weighted by molar-refractivity contribution is 0.852. The van der Waals surface area contributed by atoms with Crippen molar-refractivity contribution in [1.29, 1.82) is 0 Å². The van der Waals surface area contributed by atoms with E-state index < -0.39 is 0 Å². The van der Waals surface area contributed by atoms with Gasteiger partial charge in [-0.05, 0) is 88.8 Å². The molecule has 0 radical (unpaired) electrons. The van der Waals surface area contributed by atoms with Gasteiger partial charge in [0.15, 0.2) is 0 Å². The fraction of sp³-hybridized carbons (Fsp3) is 0.0417. The highest BCUT2D eigenvalue weighted by Crippen LogP contribution is 2.40. The first-order chi connectivity index (χ1) is 24.8. The summed E-state index contributed by atoms with van der Waals surface area (Å²) in [6, 6.07) is 60.2. The average molecular weight is 639 g/mol. The van der Waals surface area contributed by atoms with E-state index in [4.69, 9.17) is 0 Å². The van der Waals surface area contributed by atoms with Crippen molar-refractivity contribution in [3.8, 4) is 33.6 Å². The molecule has 0 fully saturated rings. The number of rotatable bonds is 5. The van der Waals surface area contributed by atoms with E-state index in [9.17, 15) is 0 Å². The maximum absolute atomic E-state index is 2.48. The fourth-order valence-electron chi connectivity index (χ4n) is 8.04. The predicted octanol–water partition coefficient (Wildman–Crippen LogP) is 12.8. The van der Waals surface area contributed by atoms with Crippen molar-refractivity contribution in [2.24, 2.45) is 0 Å². The Morgan fingerprint density at radius 2 is 1.00 bits per heavy atom. The second kappa shape index (κ2) is 11.6. The standard InChI is InChI=1S/C48H34N2/c1-4-14-33(15-5-1)37-28-38(34-16-6-2-7-17-34)30-40(29-37)50-45-22-12-10-20-41(45)43-26-24-36(32-48(43)50)35-25-27-47-44(31-35)42-21-11-13-23-46(42)49(47)39-18-8-3-9-19-39/h1-16,18-32,34H,17H2. The molecule has 1 aliphatic carbocycles. The van der Waals surface area contributed by atoms with E-state index in [0.29, 0.717) is 5.92 Å². The van der Waals surface area contributed by atoms with Gasteiger partial charge in [-0.1, -0.05) is 133 Å². The minimum absolute atomic E-state index is 0.343. The third kappa shape index (κ3) is 4.64. The summed E-state index contributed by atoms with van der Waals surface area (Å²) in [4.78, 5) is 0. The molecule has 2 heteroatoms. The highest BCUT2D eigenvalue weighted by molar-refractivity contribution is 6.12. The van der Waals surface area contributed by atoms with Crippen molar-refractivity contribution in [2.45, 2.75) is 12.3 Å². The van der Waals surface area contributed by atoms with Gasteiger partial charge in [-0.3, -0.25) is 0 Å². The number of para-hydroxylation sites is 3. The lowest BCUT2D eigenvalue weighted by atomic mass is 9.89. The average Bonchev–Trinajstić information content (AvgIpc) is 3.71. The van der Waals surface area contributed by atoms with Crippen molar-refractivity contribution in [3.63, 3.8) is 0 Å². The summed E-state index contributed by atoms with van der Waals surface area (Å²) in [5.74, 6) is 0.343. The minimum atomic E-state index is 0.343. The maximum Gasteiger partial charge on any atom is 0.0547 e. The first kappa shape index (κ1) is 28.6. The van der Waals surface area contributed by atoms with Crippen LogP contribution < -0.4 is 0 Å². The van der Waals surface area contributed by atoms with Gasteiger partial charge in [0.2, 0.25) is 0 Å². The topological polar surface area (TPSA) is 9.86 Å². The van der Waals surface area contributed by atoms with E-state index in [-0.39, 0.29) is 0 Å². The molecule has 0 bridgehead atoms. The highest BCUT2D eigenvalue weighted by atomic mass is 15.0. The molecule has 1 atom stereocenters. The quantitative estimate of drug-likeness (QED) is 0.178. The molecule has 0 aliphatic heterocycles. The van der Waals surface area contributed by atoms with Gasteiger partial charge in [-0.25, -0.2) is 0 Å². The molecule has 236 valence electrons. The lowest BCUT2D eigenvalue weighted by Crippen LogP contribution is -2.01. The van der Waals surface area contributed by atoms with Crippen molar-refractivity contribution >= 4 is 43.6 Å². The monoisotopic (exact) mass is 638 g/mol. The van der Waals surface area contributed by atoms with Crippen LogP contribution in [0.5, 0.6) is 0 Å². The zero-order valence-electron chi connectivity index (χ0n) is 27.6. The summed E-state index contributed by atoms with van der Waals surface area (Å²) < 4.78 is 4.86. The Labute approximate surface area is 291 Å². The Kier molecular flexibility index (Phi) is 6.67. The molecule has 50 heavy (non-hydrogen) atoms. The Bertz CT molecular complexity index is 2780. The fourth-order valence-corrected chi connectivity index (χ4v) is 8.04. The first-order valence-corrected chi connectivity index (χ1v) is 17.5. The van der Waals surface area contributed by atoms with Gasteiger partial charge >= 0.3 is 0 Å². The molecule has 0 spiro atoms. The van der Waals surface area contributed by atoms with Gasteiger partial charge in [0, 0.05) is 38.8 Å². The molecule has 10 rings (SSSR count). The summed E-state index contributed by atoms with van der Waals surface area (Å²) >= 11 is 0. The molecule has 2 nitrogen and oxygen atoms in total. The van der Waals surface area contributed by atoms with Crippen LogP contribution in [0.25, 0.3) is 77.2 Å². The smallest absolute Gasteiger partial charge is 0.0547 e. The third-order valence-corrected chi connectivity index (χ3v) is 10.4. The van der Waals surface area contributed by atoms with E-state index in [1.54, 1.807) is 0 Å². The number of fused-ring (bicyclic) bond motifs is 6. The SMILES string of the molecule is C1=CCC(c2cc(-c3ccccc3)cc(-n3c4ccccc4c4ccc(-c5ccc6c(c5)c5ccccc5n6-c5ccccc5)cc43)c2)C=C1. The van der Waals surface area contributed by atoms with E-state index in [1.165, 1.54) is 82.8 Å². The van der Waals surface area contributed by atoms with Gasteiger partial charge in [-0.2, -0.15) is 0 Å². The molecule has 2 aromatic heterocycles. The Morgan fingerprint density at radius 3 is 1.76 bits per heavy atom. The summed E-state index contributed by atoms with van der Waals surface area (Å²) in [6.45, 7) is 0. The Hall–Kier alpha value is -6.38. The van der Waals surface area contributed by atoms with Crippen molar-refractivity contribution in [2.75, 3.05) is 0 Å². The van der Waals surface area contributed by atoms with Crippen LogP contribution in [-0.2, 0) is 0 Å². The lowest BCUT2D eigenvalue weighted by Gasteiger charge is -2.18. The molecule has 2 heterocycles. The summed E-state index contributed by atoms with van der Waals surface area (Å²) in [6.07, 6.45) is 9.96. The van der Waals surface area contributed by atoms with Crippen LogP contribution in [0, 0.1) is 0 Å². The van der Waals surface area contributed by atoms with Gasteiger partial charge in [0.25, 0.3) is 0 Å². The van der Waals surface area contributed by atoms with Gasteiger partial charge in [0.1, 0.15) is 0 Å². The minimum Gasteiger partial charge on any atom is -0.309 e. The number of hydrogen-bond acceptors (Lipinski definition) is 0. The number of hydrogen-bond donors (Lipinski definition) is 0.